The molecule has 0 unspecified atom stereocenters. The van der Waals surface area contributed by atoms with E-state index in [0.717, 1.165) is 37.4 Å². The highest BCUT2D eigenvalue weighted by molar-refractivity contribution is 6.35. The third-order valence-electron chi connectivity index (χ3n) is 4.76. The van der Waals surface area contributed by atoms with Crippen molar-refractivity contribution in [2.45, 2.75) is 13.0 Å². The van der Waals surface area contributed by atoms with E-state index >= 15 is 0 Å². The number of piperazine rings is 1. The van der Waals surface area contributed by atoms with Gasteiger partial charge >= 0.3 is 0 Å². The number of halogens is 2. The van der Waals surface area contributed by atoms with Gasteiger partial charge in [-0.1, -0.05) is 29.3 Å². The fourth-order valence-corrected chi connectivity index (χ4v) is 3.82. The Kier molecular flexibility index (Phi) is 6.47. The van der Waals surface area contributed by atoms with Gasteiger partial charge in [0.25, 0.3) is 0 Å². The molecule has 1 fully saturated rings. The quantitative estimate of drug-likeness (QED) is 0.793. The van der Waals surface area contributed by atoms with Crippen molar-refractivity contribution in [2.24, 2.45) is 0 Å². The molecule has 27 heavy (non-hydrogen) atoms. The monoisotopic (exact) mass is 407 g/mol. The van der Waals surface area contributed by atoms with E-state index in [2.05, 4.69) is 15.1 Å². The first-order valence-electron chi connectivity index (χ1n) is 8.93. The normalized spacial score (nSPS) is 16.2. The van der Waals surface area contributed by atoms with Crippen LogP contribution in [0.25, 0.3) is 0 Å². The number of benzene rings is 2. The second-order valence-corrected chi connectivity index (χ2v) is 7.58. The van der Waals surface area contributed by atoms with Crippen LogP contribution in [0.2, 0.25) is 10.0 Å². The second-order valence-electron chi connectivity index (χ2n) is 6.73. The Bertz CT molecular complexity index is 790. The molecule has 1 amide bonds. The van der Waals surface area contributed by atoms with Crippen molar-refractivity contribution in [3.8, 4) is 5.75 Å². The third-order valence-corrected chi connectivity index (χ3v) is 5.32. The van der Waals surface area contributed by atoms with Gasteiger partial charge in [-0.15, -0.1) is 0 Å². The van der Waals surface area contributed by atoms with Crippen LogP contribution in [-0.4, -0.2) is 48.6 Å². The maximum Gasteiger partial charge on any atom is 0.234 e. The SMILES string of the molecule is C[C@@H](NC(=O)CN1CCN(c2ccc(O)cc2)CC1)c1ccc(Cl)cc1Cl. The molecule has 144 valence electrons. The maximum absolute atomic E-state index is 12.4. The number of hydrogen-bond acceptors (Lipinski definition) is 4. The average molecular weight is 408 g/mol. The summed E-state index contributed by atoms with van der Waals surface area (Å²) in [7, 11) is 0. The van der Waals surface area contributed by atoms with Gasteiger partial charge in [-0.05, 0) is 48.9 Å². The molecule has 0 spiro atoms. The molecular weight excluding hydrogens is 385 g/mol. The molecule has 1 aliphatic rings. The van der Waals surface area contributed by atoms with Crippen molar-refractivity contribution in [2.75, 3.05) is 37.6 Å². The van der Waals surface area contributed by atoms with Crippen molar-refractivity contribution in [3.63, 3.8) is 0 Å². The second kappa shape index (κ2) is 8.83. The highest BCUT2D eigenvalue weighted by Gasteiger charge is 2.20. The summed E-state index contributed by atoms with van der Waals surface area (Å²) in [4.78, 5) is 16.8. The molecule has 1 heterocycles. The molecular formula is C20H23Cl2N3O2. The minimum atomic E-state index is -0.180. The molecule has 3 rings (SSSR count). The van der Waals surface area contributed by atoms with Crippen LogP contribution in [0.3, 0.4) is 0 Å². The fraction of sp³-hybridized carbons (Fsp3) is 0.350. The van der Waals surface area contributed by atoms with E-state index in [4.69, 9.17) is 23.2 Å². The van der Waals surface area contributed by atoms with Crippen molar-refractivity contribution in [3.05, 3.63) is 58.1 Å². The van der Waals surface area contributed by atoms with E-state index in [1.807, 2.05) is 25.1 Å². The molecule has 2 N–H and O–H groups in total. The van der Waals surface area contributed by atoms with Gasteiger partial charge in [-0.3, -0.25) is 9.69 Å². The standard InChI is InChI=1S/C20H23Cl2N3O2/c1-14(18-7-2-15(21)12-19(18)22)23-20(27)13-24-8-10-25(11-9-24)16-3-5-17(26)6-4-16/h2-7,12,14,26H,8-11,13H2,1H3,(H,23,27)/t14-/m1/s1. The predicted octanol–water partition coefficient (Wildman–Crippen LogP) is 3.70. The summed E-state index contributed by atoms with van der Waals surface area (Å²) in [6.45, 7) is 5.58. The lowest BCUT2D eigenvalue weighted by molar-refractivity contribution is -0.123. The Morgan fingerprint density at radius 1 is 1.11 bits per heavy atom. The van der Waals surface area contributed by atoms with E-state index < -0.39 is 0 Å². The van der Waals surface area contributed by atoms with Crippen LogP contribution in [0, 0.1) is 0 Å². The van der Waals surface area contributed by atoms with Gasteiger partial charge in [0, 0.05) is 41.9 Å². The highest BCUT2D eigenvalue weighted by atomic mass is 35.5. The zero-order valence-corrected chi connectivity index (χ0v) is 16.7. The van der Waals surface area contributed by atoms with E-state index in [-0.39, 0.29) is 17.7 Å². The minimum absolute atomic E-state index is 0.0217. The van der Waals surface area contributed by atoms with Gasteiger partial charge in [0.15, 0.2) is 0 Å². The zero-order valence-electron chi connectivity index (χ0n) is 15.2. The molecule has 0 bridgehead atoms. The van der Waals surface area contributed by atoms with Gasteiger partial charge < -0.3 is 15.3 Å². The largest absolute Gasteiger partial charge is 0.508 e. The van der Waals surface area contributed by atoms with Crippen LogP contribution < -0.4 is 10.2 Å². The van der Waals surface area contributed by atoms with Crippen LogP contribution in [0.4, 0.5) is 5.69 Å². The number of aromatic hydroxyl groups is 1. The Hall–Kier alpha value is -1.95. The summed E-state index contributed by atoms with van der Waals surface area (Å²) in [6.07, 6.45) is 0. The van der Waals surface area contributed by atoms with Crippen LogP contribution >= 0.6 is 23.2 Å². The van der Waals surface area contributed by atoms with Gasteiger partial charge in [-0.25, -0.2) is 0 Å². The molecule has 0 aromatic heterocycles. The number of nitrogens with one attached hydrogen (secondary N) is 1. The molecule has 2 aromatic rings. The number of amides is 1. The van der Waals surface area contributed by atoms with Gasteiger partial charge in [0.1, 0.15) is 5.75 Å². The van der Waals surface area contributed by atoms with Crippen molar-refractivity contribution < 1.29 is 9.90 Å². The topological polar surface area (TPSA) is 55.8 Å². The molecule has 7 heteroatoms. The Morgan fingerprint density at radius 2 is 1.78 bits per heavy atom. The number of carbonyl (C=O) groups excluding carboxylic acids is 1. The summed E-state index contributed by atoms with van der Waals surface area (Å²) in [5.74, 6) is 0.246. The lowest BCUT2D eigenvalue weighted by Crippen LogP contribution is -2.49. The third kappa shape index (κ3) is 5.28. The summed E-state index contributed by atoms with van der Waals surface area (Å²) in [5.41, 5.74) is 1.94. The molecule has 1 saturated heterocycles. The number of anilines is 1. The molecule has 1 atom stereocenters. The first-order valence-corrected chi connectivity index (χ1v) is 9.68. The molecule has 0 aliphatic carbocycles. The lowest BCUT2D eigenvalue weighted by atomic mass is 10.1. The molecule has 0 radical (unpaired) electrons. The summed E-state index contributed by atoms with van der Waals surface area (Å²) >= 11 is 12.1. The summed E-state index contributed by atoms with van der Waals surface area (Å²) in [6, 6.07) is 12.3. The molecule has 1 aliphatic heterocycles. The predicted molar refractivity (Wildman–Crippen MR) is 110 cm³/mol. The van der Waals surface area contributed by atoms with E-state index in [1.165, 1.54) is 0 Å². The number of nitrogens with zero attached hydrogens (tertiary/aromatic N) is 2. The van der Waals surface area contributed by atoms with Crippen LogP contribution in [0.5, 0.6) is 5.75 Å². The highest BCUT2D eigenvalue weighted by Crippen LogP contribution is 2.26. The van der Waals surface area contributed by atoms with Gasteiger partial charge in [0.2, 0.25) is 5.91 Å². The van der Waals surface area contributed by atoms with E-state index in [0.29, 0.717) is 16.6 Å². The zero-order chi connectivity index (χ0) is 19.4. The minimum Gasteiger partial charge on any atom is -0.508 e. The summed E-state index contributed by atoms with van der Waals surface area (Å²) < 4.78 is 0. The number of hydrogen-bond donors (Lipinski definition) is 2. The van der Waals surface area contributed by atoms with Crippen LogP contribution in [-0.2, 0) is 4.79 Å². The van der Waals surface area contributed by atoms with E-state index in [9.17, 15) is 9.90 Å². The Labute approximate surface area is 169 Å². The number of rotatable bonds is 5. The van der Waals surface area contributed by atoms with Crippen molar-refractivity contribution in [1.29, 1.82) is 0 Å². The Balaban J connectivity index is 1.48. The van der Waals surface area contributed by atoms with Crippen molar-refractivity contribution in [1.82, 2.24) is 10.2 Å². The first-order chi connectivity index (χ1) is 12.9. The van der Waals surface area contributed by atoms with E-state index in [1.54, 1.807) is 24.3 Å². The van der Waals surface area contributed by atoms with Crippen LogP contribution in [0.15, 0.2) is 42.5 Å². The lowest BCUT2D eigenvalue weighted by Gasteiger charge is -2.35. The number of phenols is 1. The Morgan fingerprint density at radius 3 is 2.41 bits per heavy atom. The smallest absolute Gasteiger partial charge is 0.234 e. The first kappa shape index (κ1) is 19.8. The van der Waals surface area contributed by atoms with Gasteiger partial charge in [0.05, 0.1) is 12.6 Å². The summed E-state index contributed by atoms with van der Waals surface area (Å²) in [5, 5.41) is 13.5. The number of phenolic OH excluding ortho intramolecular Hbond substituents is 1. The molecule has 0 saturated carbocycles. The number of carbonyl (C=O) groups is 1. The van der Waals surface area contributed by atoms with Gasteiger partial charge in [-0.2, -0.15) is 0 Å². The fourth-order valence-electron chi connectivity index (χ4n) is 3.25. The maximum atomic E-state index is 12.4. The van der Waals surface area contributed by atoms with Crippen LogP contribution in [0.1, 0.15) is 18.5 Å². The molecule has 2 aromatic carbocycles. The average Bonchev–Trinajstić information content (AvgIpc) is 2.63. The van der Waals surface area contributed by atoms with Crippen molar-refractivity contribution >= 4 is 34.8 Å². The molecule has 5 nitrogen and oxygen atoms in total.